The summed E-state index contributed by atoms with van der Waals surface area (Å²) in [6.45, 7) is 13.4. The van der Waals surface area contributed by atoms with Crippen LogP contribution in [0.4, 0.5) is 11.4 Å². The molecule has 0 heterocycles. The van der Waals surface area contributed by atoms with Gasteiger partial charge in [0.25, 0.3) is 11.4 Å². The molecule has 0 radical (unpaired) electrons. The van der Waals surface area contributed by atoms with Crippen LogP contribution in [-0.2, 0) is 4.74 Å². The molecule has 0 aliphatic heterocycles. The van der Waals surface area contributed by atoms with E-state index in [2.05, 4.69) is 39.3 Å². The fourth-order valence-electron chi connectivity index (χ4n) is 2.95. The molecular weight excluding hydrogens is 372 g/mol. The van der Waals surface area contributed by atoms with E-state index in [1.807, 2.05) is 6.08 Å². The van der Waals surface area contributed by atoms with Crippen molar-refractivity contribution in [1.82, 2.24) is 0 Å². The van der Waals surface area contributed by atoms with Crippen molar-refractivity contribution in [3.63, 3.8) is 0 Å². The summed E-state index contributed by atoms with van der Waals surface area (Å²) in [6, 6.07) is 2.78. The maximum absolute atomic E-state index is 12.2. The maximum Gasteiger partial charge on any atom is 0.338 e. The van der Waals surface area contributed by atoms with Crippen molar-refractivity contribution in [3.8, 4) is 0 Å². The van der Waals surface area contributed by atoms with Crippen molar-refractivity contribution in [2.24, 2.45) is 0 Å². The van der Waals surface area contributed by atoms with Crippen molar-refractivity contribution in [2.45, 2.75) is 39.3 Å². The van der Waals surface area contributed by atoms with Gasteiger partial charge in [0.1, 0.15) is 6.61 Å². The number of ether oxygens (including phenoxy) is 1. The van der Waals surface area contributed by atoms with Crippen LogP contribution in [0.3, 0.4) is 0 Å². The van der Waals surface area contributed by atoms with Gasteiger partial charge >= 0.3 is 5.97 Å². The number of non-ortho nitro benzene ring substituents is 2. The molecule has 0 atom stereocenters. The lowest BCUT2D eigenvalue weighted by Gasteiger charge is -2.31. The summed E-state index contributed by atoms with van der Waals surface area (Å²) in [4.78, 5) is 33.8. The number of carbonyl (C=O) groups is 1. The van der Waals surface area contributed by atoms with E-state index in [-0.39, 0.29) is 12.2 Å². The molecule has 10 heteroatoms. The molecule has 0 fully saturated rings. The molecule has 0 unspecified atom stereocenters. The number of nitro groups is 2. The highest BCUT2D eigenvalue weighted by Crippen LogP contribution is 2.26. The van der Waals surface area contributed by atoms with Crippen LogP contribution in [0, 0.1) is 20.2 Å². The van der Waals surface area contributed by atoms with Crippen molar-refractivity contribution in [2.75, 3.05) is 6.61 Å². The predicted molar refractivity (Wildman–Crippen MR) is 105 cm³/mol. The third-order valence-electron chi connectivity index (χ3n) is 3.68. The Morgan fingerprint density at radius 2 is 1.38 bits per heavy atom. The zero-order chi connectivity index (χ0) is 20.3. The van der Waals surface area contributed by atoms with Crippen molar-refractivity contribution >= 4 is 33.5 Å². The van der Waals surface area contributed by atoms with Crippen molar-refractivity contribution in [1.29, 1.82) is 0 Å². The van der Waals surface area contributed by atoms with E-state index in [0.717, 1.165) is 18.2 Å². The number of carbonyl (C=O) groups excluding carboxylic acids is 1. The Balaban J connectivity index is 3.06. The normalized spacial score (nSPS) is 11.6. The maximum atomic E-state index is 12.2. The van der Waals surface area contributed by atoms with Gasteiger partial charge in [-0.3, -0.25) is 20.2 Å². The van der Waals surface area contributed by atoms with Gasteiger partial charge in [-0.1, -0.05) is 50.2 Å². The fraction of sp³-hybridized carbons (Fsp3) is 0.438. The summed E-state index contributed by atoms with van der Waals surface area (Å²) >= 11 is 0. The molecule has 8 nitrogen and oxygen atoms in total. The molecule has 1 aromatic rings. The molecule has 0 saturated carbocycles. The van der Waals surface area contributed by atoms with Gasteiger partial charge in [0.2, 0.25) is 0 Å². The van der Waals surface area contributed by atoms with Gasteiger partial charge < -0.3 is 4.74 Å². The topological polar surface area (TPSA) is 113 Å². The quantitative estimate of drug-likeness (QED) is 0.293. The molecule has 1 rings (SSSR count). The van der Waals surface area contributed by atoms with Crippen LogP contribution < -0.4 is 0 Å². The molecule has 0 N–H and O–H groups in total. The van der Waals surface area contributed by atoms with Crippen LogP contribution >= 0.6 is 0 Å². The van der Waals surface area contributed by atoms with Gasteiger partial charge in [0.05, 0.1) is 37.6 Å². The summed E-state index contributed by atoms with van der Waals surface area (Å²) in [5.41, 5.74) is -1.25. The Bertz CT molecular complexity index is 715. The Kier molecular flexibility index (Phi) is 6.61. The summed E-state index contributed by atoms with van der Waals surface area (Å²) < 4.78 is 5.20. The summed E-state index contributed by atoms with van der Waals surface area (Å²) in [5.74, 6) is -0.821. The Morgan fingerprint density at radius 3 is 1.73 bits per heavy atom. The van der Waals surface area contributed by atoms with Crippen LogP contribution in [0.5, 0.6) is 0 Å². The van der Waals surface area contributed by atoms with Crippen LogP contribution in [0.25, 0.3) is 0 Å². The molecule has 0 aromatic heterocycles. The first-order valence-electron chi connectivity index (χ1n) is 8.05. The molecule has 1 aromatic carbocycles. The monoisotopic (exact) mass is 396 g/mol. The minimum atomic E-state index is -1.57. The molecular formula is C16H24N2O6Si2. The number of hydrogen-bond donors (Lipinski definition) is 0. The SMILES string of the molecule is C[Si](C)(C)C(=CCOC(=O)c1cc([N+](=O)[O-])cc([N+](=O)[O-])c1)[Si](C)(C)C. The first kappa shape index (κ1) is 21.7. The van der Waals surface area contributed by atoms with Gasteiger partial charge in [-0.05, 0) is 0 Å². The number of nitrogens with zero attached hydrogens (tertiary/aromatic N) is 2. The number of esters is 1. The molecule has 0 saturated heterocycles. The third kappa shape index (κ3) is 5.88. The summed E-state index contributed by atoms with van der Waals surface area (Å²) in [6.07, 6.45) is 1.93. The van der Waals surface area contributed by atoms with Crippen LogP contribution in [0.2, 0.25) is 39.3 Å². The fourth-order valence-corrected chi connectivity index (χ4v) is 13.3. The third-order valence-corrected chi connectivity index (χ3v) is 11.8. The molecule has 0 amide bonds. The largest absolute Gasteiger partial charge is 0.458 e. The van der Waals surface area contributed by atoms with E-state index in [4.69, 9.17) is 4.74 Å². The average molecular weight is 397 g/mol. The lowest BCUT2D eigenvalue weighted by Crippen LogP contribution is -2.40. The van der Waals surface area contributed by atoms with Gasteiger partial charge in [0.15, 0.2) is 0 Å². The summed E-state index contributed by atoms with van der Waals surface area (Å²) in [5, 5.41) is 21.8. The first-order valence-corrected chi connectivity index (χ1v) is 15.1. The number of rotatable bonds is 7. The second kappa shape index (κ2) is 7.91. The first-order chi connectivity index (χ1) is 11.7. The Morgan fingerprint density at radius 1 is 0.962 bits per heavy atom. The van der Waals surface area contributed by atoms with E-state index in [9.17, 15) is 25.0 Å². The molecule has 0 spiro atoms. The Hall–Kier alpha value is -2.34. The van der Waals surface area contributed by atoms with E-state index < -0.39 is 43.3 Å². The number of benzene rings is 1. The average Bonchev–Trinajstić information content (AvgIpc) is 2.48. The van der Waals surface area contributed by atoms with Gasteiger partial charge in [-0.25, -0.2) is 4.79 Å². The second-order valence-corrected chi connectivity index (χ2v) is 18.5. The van der Waals surface area contributed by atoms with Crippen LogP contribution in [-0.4, -0.2) is 38.6 Å². The van der Waals surface area contributed by atoms with Gasteiger partial charge in [0, 0.05) is 12.1 Å². The molecule has 26 heavy (non-hydrogen) atoms. The zero-order valence-electron chi connectivity index (χ0n) is 15.9. The van der Waals surface area contributed by atoms with E-state index in [1.165, 1.54) is 4.82 Å². The lowest BCUT2D eigenvalue weighted by molar-refractivity contribution is -0.394. The standard InChI is InChI=1S/C16H24N2O6Si2/c1-25(2,3)15(26(4,5)6)7-8-24-16(19)12-9-13(17(20)21)11-14(10-12)18(22)23/h7,9-11H,8H2,1-6H3. The molecule has 142 valence electrons. The Labute approximate surface area is 154 Å². The molecule has 0 aliphatic carbocycles. The zero-order valence-corrected chi connectivity index (χ0v) is 17.9. The second-order valence-electron chi connectivity index (χ2n) is 7.97. The van der Waals surface area contributed by atoms with E-state index in [1.54, 1.807) is 0 Å². The minimum Gasteiger partial charge on any atom is -0.458 e. The van der Waals surface area contributed by atoms with Crippen LogP contribution in [0.1, 0.15) is 10.4 Å². The lowest BCUT2D eigenvalue weighted by atomic mass is 10.2. The number of nitro benzene ring substituents is 2. The summed E-state index contributed by atoms with van der Waals surface area (Å²) in [7, 11) is -3.14. The predicted octanol–water partition coefficient (Wildman–Crippen LogP) is 4.34. The van der Waals surface area contributed by atoms with Crippen molar-refractivity contribution < 1.29 is 19.4 Å². The highest BCUT2D eigenvalue weighted by molar-refractivity contribution is 7.04. The van der Waals surface area contributed by atoms with Crippen molar-refractivity contribution in [3.05, 3.63) is 54.9 Å². The number of hydrogen-bond acceptors (Lipinski definition) is 6. The van der Waals surface area contributed by atoms with Gasteiger partial charge in [-0.2, -0.15) is 0 Å². The van der Waals surface area contributed by atoms with E-state index in [0.29, 0.717) is 0 Å². The minimum absolute atomic E-state index is 0.0409. The highest BCUT2D eigenvalue weighted by Gasteiger charge is 2.30. The van der Waals surface area contributed by atoms with Gasteiger partial charge in [-0.15, -0.1) is 0 Å². The molecule has 0 aliphatic rings. The highest BCUT2D eigenvalue weighted by atomic mass is 28.4. The smallest absolute Gasteiger partial charge is 0.338 e. The van der Waals surface area contributed by atoms with Crippen LogP contribution in [0.15, 0.2) is 29.1 Å². The molecule has 0 bridgehead atoms. The van der Waals surface area contributed by atoms with E-state index >= 15 is 0 Å².